The van der Waals surface area contributed by atoms with E-state index in [0.29, 0.717) is 6.42 Å². The van der Waals surface area contributed by atoms with Crippen molar-refractivity contribution in [2.45, 2.75) is 38.6 Å². The summed E-state index contributed by atoms with van der Waals surface area (Å²) in [7, 11) is 0. The fourth-order valence-corrected chi connectivity index (χ4v) is 2.58. The number of likely N-dealkylation sites (tertiary alicyclic amines) is 1. The van der Waals surface area contributed by atoms with Crippen LogP contribution in [0, 0.1) is 0 Å². The van der Waals surface area contributed by atoms with Gasteiger partial charge in [0.1, 0.15) is 0 Å². The van der Waals surface area contributed by atoms with Crippen LogP contribution in [0.5, 0.6) is 0 Å². The van der Waals surface area contributed by atoms with E-state index < -0.39 is 0 Å². The third kappa shape index (κ3) is 4.67. The number of hydrogen-bond donors (Lipinski definition) is 1. The molecule has 2 rings (SSSR count). The number of nitrogens with zero attached hydrogens (tertiary/aromatic N) is 1. The maximum atomic E-state index is 11.9. The number of hydrogen-bond acceptors (Lipinski definition) is 2. The van der Waals surface area contributed by atoms with Crippen LogP contribution < -0.4 is 5.32 Å². The maximum Gasteiger partial charge on any atom is 0.221 e. The van der Waals surface area contributed by atoms with Crippen LogP contribution in [0.1, 0.15) is 44.2 Å². The number of nitrogens with one attached hydrogen (secondary N) is 1. The first-order valence-corrected chi connectivity index (χ1v) is 7.32. The second-order valence-corrected chi connectivity index (χ2v) is 5.35. The first-order valence-electron chi connectivity index (χ1n) is 7.32. The van der Waals surface area contributed by atoms with Gasteiger partial charge in [-0.15, -0.1) is 0 Å². The van der Waals surface area contributed by atoms with Gasteiger partial charge in [0.15, 0.2) is 0 Å². The van der Waals surface area contributed by atoms with Crippen molar-refractivity contribution >= 4 is 5.91 Å². The topological polar surface area (TPSA) is 32.3 Å². The maximum absolute atomic E-state index is 11.9. The molecule has 1 N–H and O–H groups in total. The minimum Gasteiger partial charge on any atom is -0.350 e. The van der Waals surface area contributed by atoms with Crippen LogP contribution in [0.3, 0.4) is 0 Å². The van der Waals surface area contributed by atoms with Crippen LogP contribution in [0.15, 0.2) is 30.3 Å². The van der Waals surface area contributed by atoms with Gasteiger partial charge in [-0.05, 0) is 38.4 Å². The van der Waals surface area contributed by atoms with Crippen LogP contribution in [0.25, 0.3) is 0 Å². The molecule has 3 heteroatoms. The molecule has 1 aliphatic rings. The zero-order chi connectivity index (χ0) is 13.5. The van der Waals surface area contributed by atoms with Crippen molar-refractivity contribution in [3.8, 4) is 0 Å². The second kappa shape index (κ2) is 7.29. The van der Waals surface area contributed by atoms with E-state index in [1.54, 1.807) is 0 Å². The summed E-state index contributed by atoms with van der Waals surface area (Å²) in [4.78, 5) is 14.3. The van der Waals surface area contributed by atoms with Crippen molar-refractivity contribution < 1.29 is 4.79 Å². The summed E-state index contributed by atoms with van der Waals surface area (Å²) in [6, 6.07) is 10.2. The van der Waals surface area contributed by atoms with Crippen molar-refractivity contribution in [2.75, 3.05) is 19.6 Å². The SMILES string of the molecule is CC(NC(=O)CCN1CCCCC1)c1ccccc1. The minimum absolute atomic E-state index is 0.0926. The summed E-state index contributed by atoms with van der Waals surface area (Å²) in [5.41, 5.74) is 1.16. The lowest BCUT2D eigenvalue weighted by Gasteiger charge is -2.26. The van der Waals surface area contributed by atoms with E-state index in [0.717, 1.165) is 25.2 Å². The standard InChI is InChI=1S/C16H24N2O/c1-14(15-8-4-2-5-9-15)17-16(19)10-13-18-11-6-3-7-12-18/h2,4-5,8-9,14H,3,6-7,10-13H2,1H3,(H,17,19). The van der Waals surface area contributed by atoms with Gasteiger partial charge in [-0.2, -0.15) is 0 Å². The molecule has 1 fully saturated rings. The molecule has 1 unspecified atom stereocenters. The van der Waals surface area contributed by atoms with Gasteiger partial charge >= 0.3 is 0 Å². The van der Waals surface area contributed by atoms with Crippen molar-refractivity contribution in [3.63, 3.8) is 0 Å². The van der Waals surface area contributed by atoms with E-state index >= 15 is 0 Å². The van der Waals surface area contributed by atoms with Crippen LogP contribution in [-0.4, -0.2) is 30.4 Å². The van der Waals surface area contributed by atoms with E-state index in [-0.39, 0.29) is 11.9 Å². The zero-order valence-electron chi connectivity index (χ0n) is 11.8. The predicted molar refractivity (Wildman–Crippen MR) is 77.9 cm³/mol. The van der Waals surface area contributed by atoms with Crippen molar-refractivity contribution in [1.82, 2.24) is 10.2 Å². The molecule has 0 saturated carbocycles. The van der Waals surface area contributed by atoms with Gasteiger partial charge in [-0.25, -0.2) is 0 Å². The Morgan fingerprint density at radius 2 is 1.89 bits per heavy atom. The molecule has 0 bridgehead atoms. The number of piperidine rings is 1. The molecule has 1 aliphatic heterocycles. The largest absolute Gasteiger partial charge is 0.350 e. The zero-order valence-corrected chi connectivity index (χ0v) is 11.8. The Labute approximate surface area is 116 Å². The number of amides is 1. The normalized spacial score (nSPS) is 17.9. The van der Waals surface area contributed by atoms with Gasteiger partial charge in [0.05, 0.1) is 6.04 Å². The smallest absolute Gasteiger partial charge is 0.221 e. The van der Waals surface area contributed by atoms with E-state index in [1.807, 2.05) is 25.1 Å². The Morgan fingerprint density at radius 3 is 2.58 bits per heavy atom. The molecule has 0 radical (unpaired) electrons. The molecule has 1 saturated heterocycles. The summed E-state index contributed by atoms with van der Waals surface area (Å²) in [6.45, 7) is 5.24. The Hall–Kier alpha value is -1.35. The number of rotatable bonds is 5. The van der Waals surface area contributed by atoms with E-state index in [9.17, 15) is 4.79 Å². The molecular formula is C16H24N2O. The van der Waals surface area contributed by atoms with Gasteiger partial charge in [-0.1, -0.05) is 36.8 Å². The fraction of sp³-hybridized carbons (Fsp3) is 0.562. The lowest BCUT2D eigenvalue weighted by Crippen LogP contribution is -2.34. The minimum atomic E-state index is 0.0926. The average molecular weight is 260 g/mol. The van der Waals surface area contributed by atoms with Crippen molar-refractivity contribution in [1.29, 1.82) is 0 Å². The molecule has 1 atom stereocenters. The molecule has 1 amide bonds. The third-order valence-electron chi connectivity index (χ3n) is 3.78. The Morgan fingerprint density at radius 1 is 1.21 bits per heavy atom. The summed E-state index contributed by atoms with van der Waals surface area (Å²) < 4.78 is 0. The van der Waals surface area contributed by atoms with Gasteiger partial charge in [0, 0.05) is 13.0 Å². The van der Waals surface area contributed by atoms with Gasteiger partial charge in [0.2, 0.25) is 5.91 Å². The molecule has 104 valence electrons. The summed E-state index contributed by atoms with van der Waals surface area (Å²) in [6.07, 6.45) is 4.51. The van der Waals surface area contributed by atoms with E-state index in [1.165, 1.54) is 19.3 Å². The number of carbonyl (C=O) groups excluding carboxylic acids is 1. The van der Waals surface area contributed by atoms with Gasteiger partial charge in [-0.3, -0.25) is 4.79 Å². The third-order valence-corrected chi connectivity index (χ3v) is 3.78. The van der Waals surface area contributed by atoms with Crippen molar-refractivity contribution in [2.24, 2.45) is 0 Å². The number of carbonyl (C=O) groups is 1. The Kier molecular flexibility index (Phi) is 5.40. The molecular weight excluding hydrogens is 236 g/mol. The second-order valence-electron chi connectivity index (χ2n) is 5.35. The van der Waals surface area contributed by atoms with Gasteiger partial charge in [0.25, 0.3) is 0 Å². The molecule has 0 aliphatic carbocycles. The molecule has 1 aromatic carbocycles. The molecule has 1 heterocycles. The highest BCUT2D eigenvalue weighted by molar-refractivity contribution is 5.76. The highest BCUT2D eigenvalue weighted by atomic mass is 16.1. The summed E-state index contributed by atoms with van der Waals surface area (Å²) in [5, 5.41) is 3.07. The predicted octanol–water partition coefficient (Wildman–Crippen LogP) is 2.74. The molecule has 0 spiro atoms. The lowest BCUT2D eigenvalue weighted by atomic mass is 10.1. The highest BCUT2D eigenvalue weighted by Crippen LogP contribution is 2.12. The fourth-order valence-electron chi connectivity index (χ4n) is 2.58. The lowest BCUT2D eigenvalue weighted by molar-refractivity contribution is -0.122. The molecule has 1 aromatic rings. The quantitative estimate of drug-likeness (QED) is 0.883. The van der Waals surface area contributed by atoms with Crippen LogP contribution in [0.4, 0.5) is 0 Å². The molecule has 19 heavy (non-hydrogen) atoms. The first-order chi connectivity index (χ1) is 9.25. The number of benzene rings is 1. The highest BCUT2D eigenvalue weighted by Gasteiger charge is 2.13. The molecule has 3 nitrogen and oxygen atoms in total. The van der Waals surface area contributed by atoms with Crippen LogP contribution in [0.2, 0.25) is 0 Å². The van der Waals surface area contributed by atoms with Crippen molar-refractivity contribution in [3.05, 3.63) is 35.9 Å². The van der Waals surface area contributed by atoms with Crippen LogP contribution in [-0.2, 0) is 4.79 Å². The Bertz CT molecular complexity index is 385. The first kappa shape index (κ1) is 14.1. The summed E-state index contributed by atoms with van der Waals surface area (Å²) in [5.74, 6) is 0.155. The van der Waals surface area contributed by atoms with Gasteiger partial charge < -0.3 is 10.2 Å². The monoisotopic (exact) mass is 260 g/mol. The Balaban J connectivity index is 1.71. The average Bonchev–Trinajstić information content (AvgIpc) is 2.47. The summed E-state index contributed by atoms with van der Waals surface area (Å²) >= 11 is 0. The van der Waals surface area contributed by atoms with E-state index in [4.69, 9.17) is 0 Å². The van der Waals surface area contributed by atoms with Crippen LogP contribution >= 0.6 is 0 Å². The van der Waals surface area contributed by atoms with E-state index in [2.05, 4.69) is 22.3 Å². The molecule has 0 aromatic heterocycles.